The van der Waals surface area contributed by atoms with Gasteiger partial charge >= 0.3 is 0 Å². The Kier molecular flexibility index (Phi) is 2.93. The highest BCUT2D eigenvalue weighted by Gasteiger charge is 2.12. The van der Waals surface area contributed by atoms with E-state index in [1.165, 1.54) is 0 Å². The fourth-order valence-corrected chi connectivity index (χ4v) is 1.30. The molecule has 0 saturated heterocycles. The van der Waals surface area contributed by atoms with Crippen molar-refractivity contribution in [3.8, 4) is 0 Å². The molecule has 12 heavy (non-hydrogen) atoms. The molecule has 1 unspecified atom stereocenters. The zero-order valence-corrected chi connectivity index (χ0v) is 7.92. The summed E-state index contributed by atoms with van der Waals surface area (Å²) in [5.41, 5.74) is 0.939. The van der Waals surface area contributed by atoms with Crippen molar-refractivity contribution in [3.05, 3.63) is 23.2 Å². The maximum absolute atomic E-state index is 9.38. The third-order valence-electron chi connectivity index (χ3n) is 2.01. The quantitative estimate of drug-likeness (QED) is 0.752. The Labute approximate surface area is 73.2 Å². The predicted molar refractivity (Wildman–Crippen MR) is 48.1 cm³/mol. The second-order valence-corrected chi connectivity index (χ2v) is 2.97. The molecule has 0 saturated carbocycles. The van der Waals surface area contributed by atoms with E-state index in [9.17, 15) is 5.11 Å². The number of aliphatic hydroxyl groups is 1. The number of hydrogen-bond donors (Lipinski definition) is 1. The Bertz CT molecular complexity index is 248. The van der Waals surface area contributed by atoms with Crippen LogP contribution in [0.3, 0.4) is 0 Å². The average Bonchev–Trinajstić information content (AvgIpc) is 2.47. The van der Waals surface area contributed by atoms with Crippen molar-refractivity contribution in [1.82, 2.24) is 0 Å². The van der Waals surface area contributed by atoms with E-state index in [1.54, 1.807) is 6.92 Å². The van der Waals surface area contributed by atoms with Gasteiger partial charge in [0.25, 0.3) is 0 Å². The molecule has 0 aliphatic carbocycles. The molecule has 0 bridgehead atoms. The normalized spacial score (nSPS) is 13.3. The third kappa shape index (κ3) is 1.69. The zero-order valence-electron chi connectivity index (χ0n) is 7.92. The largest absolute Gasteiger partial charge is 0.466 e. The lowest BCUT2D eigenvalue weighted by atomic mass is 10.1. The van der Waals surface area contributed by atoms with Crippen LogP contribution in [-0.4, -0.2) is 5.11 Å². The molecule has 2 nitrogen and oxygen atoms in total. The van der Waals surface area contributed by atoms with Gasteiger partial charge < -0.3 is 9.52 Å². The monoisotopic (exact) mass is 168 g/mol. The second-order valence-electron chi connectivity index (χ2n) is 2.97. The van der Waals surface area contributed by atoms with E-state index in [0.717, 1.165) is 29.9 Å². The smallest absolute Gasteiger partial charge is 0.109 e. The molecule has 0 radical (unpaired) electrons. The van der Waals surface area contributed by atoms with Crippen LogP contribution in [0.15, 0.2) is 10.5 Å². The second kappa shape index (κ2) is 3.76. The van der Waals surface area contributed by atoms with E-state index in [4.69, 9.17) is 4.42 Å². The molecule has 68 valence electrons. The van der Waals surface area contributed by atoms with Crippen molar-refractivity contribution in [3.63, 3.8) is 0 Å². The van der Waals surface area contributed by atoms with E-state index < -0.39 is 6.10 Å². The summed E-state index contributed by atoms with van der Waals surface area (Å²) in [5.74, 6) is 1.88. The lowest BCUT2D eigenvalue weighted by Gasteiger charge is -2.01. The Morgan fingerprint density at radius 1 is 1.42 bits per heavy atom. The molecule has 0 aliphatic rings. The van der Waals surface area contributed by atoms with Gasteiger partial charge in [0, 0.05) is 18.4 Å². The highest BCUT2D eigenvalue weighted by molar-refractivity contribution is 5.23. The van der Waals surface area contributed by atoms with Gasteiger partial charge in [-0.3, -0.25) is 0 Å². The standard InChI is InChI=1S/C10H16O2/c1-4-8-6-9(7(3)11)10(5-2)12-8/h6-7,11H,4-5H2,1-3H3. The van der Waals surface area contributed by atoms with Crippen LogP contribution in [-0.2, 0) is 12.8 Å². The van der Waals surface area contributed by atoms with E-state index in [0.29, 0.717) is 0 Å². The van der Waals surface area contributed by atoms with Gasteiger partial charge in [-0.25, -0.2) is 0 Å². The van der Waals surface area contributed by atoms with Crippen LogP contribution >= 0.6 is 0 Å². The summed E-state index contributed by atoms with van der Waals surface area (Å²) in [5, 5.41) is 9.38. The maximum atomic E-state index is 9.38. The molecule has 1 aromatic heterocycles. The molecule has 0 amide bonds. The molecule has 1 aromatic rings. The van der Waals surface area contributed by atoms with Crippen LogP contribution in [0.25, 0.3) is 0 Å². The molecule has 0 aromatic carbocycles. The summed E-state index contributed by atoms with van der Waals surface area (Å²) in [6.07, 6.45) is 1.32. The molecular formula is C10H16O2. The van der Waals surface area contributed by atoms with Crippen LogP contribution in [0.4, 0.5) is 0 Å². The van der Waals surface area contributed by atoms with E-state index in [2.05, 4.69) is 0 Å². The van der Waals surface area contributed by atoms with Crippen LogP contribution < -0.4 is 0 Å². The molecular weight excluding hydrogens is 152 g/mol. The predicted octanol–water partition coefficient (Wildman–Crippen LogP) is 2.46. The van der Waals surface area contributed by atoms with Gasteiger partial charge in [0.05, 0.1) is 6.10 Å². The molecule has 2 heteroatoms. The van der Waals surface area contributed by atoms with E-state index in [1.807, 2.05) is 19.9 Å². The third-order valence-corrected chi connectivity index (χ3v) is 2.01. The molecule has 0 spiro atoms. The minimum atomic E-state index is -0.413. The van der Waals surface area contributed by atoms with Crippen molar-refractivity contribution in [2.45, 2.75) is 39.7 Å². The highest BCUT2D eigenvalue weighted by atomic mass is 16.3. The summed E-state index contributed by atoms with van der Waals surface area (Å²) in [4.78, 5) is 0. The zero-order chi connectivity index (χ0) is 9.14. The fourth-order valence-electron chi connectivity index (χ4n) is 1.30. The van der Waals surface area contributed by atoms with Gasteiger partial charge in [0.2, 0.25) is 0 Å². The molecule has 1 N–H and O–H groups in total. The van der Waals surface area contributed by atoms with Crippen LogP contribution in [0.1, 0.15) is 44.0 Å². The Morgan fingerprint density at radius 2 is 2.08 bits per heavy atom. The van der Waals surface area contributed by atoms with E-state index in [-0.39, 0.29) is 0 Å². The maximum Gasteiger partial charge on any atom is 0.109 e. The van der Waals surface area contributed by atoms with Crippen molar-refractivity contribution in [1.29, 1.82) is 0 Å². The number of aryl methyl sites for hydroxylation is 2. The van der Waals surface area contributed by atoms with Gasteiger partial charge in [-0.2, -0.15) is 0 Å². The first-order valence-corrected chi connectivity index (χ1v) is 4.48. The summed E-state index contributed by atoms with van der Waals surface area (Å²) in [7, 11) is 0. The number of rotatable bonds is 3. The molecule has 1 rings (SSSR count). The number of furan rings is 1. The number of hydrogen-bond acceptors (Lipinski definition) is 2. The topological polar surface area (TPSA) is 33.4 Å². The minimum absolute atomic E-state index is 0.413. The fraction of sp³-hybridized carbons (Fsp3) is 0.600. The number of aliphatic hydroxyl groups excluding tert-OH is 1. The molecule has 0 aliphatic heterocycles. The lowest BCUT2D eigenvalue weighted by Crippen LogP contribution is -1.92. The first-order chi connectivity index (χ1) is 5.69. The first-order valence-electron chi connectivity index (χ1n) is 4.48. The summed E-state index contributed by atoms with van der Waals surface area (Å²) in [6, 6.07) is 1.95. The van der Waals surface area contributed by atoms with Gasteiger partial charge in [0.1, 0.15) is 11.5 Å². The van der Waals surface area contributed by atoms with Crippen molar-refractivity contribution in [2.24, 2.45) is 0 Å². The Hall–Kier alpha value is -0.760. The first kappa shape index (κ1) is 9.33. The van der Waals surface area contributed by atoms with Gasteiger partial charge in [0.15, 0.2) is 0 Å². The highest BCUT2D eigenvalue weighted by Crippen LogP contribution is 2.22. The van der Waals surface area contributed by atoms with Crippen LogP contribution in [0, 0.1) is 0 Å². The van der Waals surface area contributed by atoms with Gasteiger partial charge in [-0.05, 0) is 13.0 Å². The van der Waals surface area contributed by atoms with Crippen molar-refractivity contribution >= 4 is 0 Å². The molecule has 1 heterocycles. The SMILES string of the molecule is CCc1cc(C(C)O)c(CC)o1. The Morgan fingerprint density at radius 3 is 2.42 bits per heavy atom. The van der Waals surface area contributed by atoms with Gasteiger partial charge in [-0.1, -0.05) is 13.8 Å². The Balaban J connectivity index is 3.00. The summed E-state index contributed by atoms with van der Waals surface area (Å²) in [6.45, 7) is 5.84. The van der Waals surface area contributed by atoms with Crippen molar-refractivity contribution in [2.75, 3.05) is 0 Å². The summed E-state index contributed by atoms with van der Waals surface area (Å²) >= 11 is 0. The molecule has 1 atom stereocenters. The van der Waals surface area contributed by atoms with Crippen molar-refractivity contribution < 1.29 is 9.52 Å². The summed E-state index contributed by atoms with van der Waals surface area (Å²) < 4.78 is 5.51. The van der Waals surface area contributed by atoms with Crippen LogP contribution in [0.5, 0.6) is 0 Å². The molecule has 0 fully saturated rings. The van der Waals surface area contributed by atoms with E-state index >= 15 is 0 Å². The van der Waals surface area contributed by atoms with Crippen LogP contribution in [0.2, 0.25) is 0 Å². The minimum Gasteiger partial charge on any atom is -0.466 e. The average molecular weight is 168 g/mol. The lowest BCUT2D eigenvalue weighted by molar-refractivity contribution is 0.196. The van der Waals surface area contributed by atoms with Gasteiger partial charge in [-0.15, -0.1) is 0 Å².